The number of Topliss-reactive ketones (excluding diaryl/α,β-unsaturated/α-hetero) is 1. The van der Waals surface area contributed by atoms with E-state index in [4.69, 9.17) is 5.11 Å². The second-order valence-electron chi connectivity index (χ2n) is 2.68. The van der Waals surface area contributed by atoms with E-state index in [1.807, 2.05) is 0 Å². The van der Waals surface area contributed by atoms with Crippen LogP contribution in [0.5, 0.6) is 0 Å². The van der Waals surface area contributed by atoms with E-state index in [1.165, 1.54) is 0 Å². The largest absolute Gasteiger partial charge is 0.395 e. The van der Waals surface area contributed by atoms with Crippen molar-refractivity contribution >= 4 is 5.78 Å². The second-order valence-corrected chi connectivity index (χ2v) is 2.68. The first-order valence-corrected chi connectivity index (χ1v) is 3.69. The van der Waals surface area contributed by atoms with Gasteiger partial charge < -0.3 is 10.4 Å². The molecule has 1 atom stereocenters. The van der Waals surface area contributed by atoms with Crippen molar-refractivity contribution in [3.05, 3.63) is 0 Å². The van der Waals surface area contributed by atoms with Crippen LogP contribution in [-0.4, -0.2) is 30.1 Å². The first-order chi connectivity index (χ1) is 4.83. The highest BCUT2D eigenvalue weighted by molar-refractivity contribution is 5.79. The Morgan fingerprint density at radius 2 is 2.50 bits per heavy atom. The number of aliphatic hydroxyl groups is 1. The molecule has 0 aromatic rings. The molecule has 0 saturated carbocycles. The maximum Gasteiger partial charge on any atom is 0.134 e. The molecule has 0 amide bonds. The zero-order valence-corrected chi connectivity index (χ0v) is 5.97. The van der Waals surface area contributed by atoms with Crippen LogP contribution in [0.2, 0.25) is 0 Å². The zero-order valence-electron chi connectivity index (χ0n) is 5.97. The van der Waals surface area contributed by atoms with Crippen LogP contribution in [0.3, 0.4) is 0 Å². The molecule has 58 valence electrons. The Bertz CT molecular complexity index is 125. The smallest absolute Gasteiger partial charge is 0.134 e. The Morgan fingerprint density at radius 1 is 1.70 bits per heavy atom. The molecular formula is C7H13NO2. The van der Waals surface area contributed by atoms with E-state index in [9.17, 15) is 4.79 Å². The highest BCUT2D eigenvalue weighted by atomic mass is 16.3. The van der Waals surface area contributed by atoms with Crippen LogP contribution in [0.4, 0.5) is 0 Å². The van der Waals surface area contributed by atoms with E-state index >= 15 is 0 Å². The van der Waals surface area contributed by atoms with E-state index in [2.05, 4.69) is 5.32 Å². The van der Waals surface area contributed by atoms with Crippen LogP contribution < -0.4 is 5.32 Å². The van der Waals surface area contributed by atoms with Gasteiger partial charge in [0.25, 0.3) is 0 Å². The van der Waals surface area contributed by atoms with E-state index in [1.54, 1.807) is 0 Å². The average Bonchev–Trinajstić information content (AvgIpc) is 2.13. The number of carbonyl (C=O) groups excluding carboxylic acids is 1. The summed E-state index contributed by atoms with van der Waals surface area (Å²) in [6.45, 7) is 0.933. The molecule has 0 radical (unpaired) electrons. The first-order valence-electron chi connectivity index (χ1n) is 3.69. The predicted molar refractivity (Wildman–Crippen MR) is 37.7 cm³/mol. The summed E-state index contributed by atoms with van der Waals surface area (Å²) in [4.78, 5) is 10.9. The highest BCUT2D eigenvalue weighted by Gasteiger charge is 2.15. The number of ketones is 1. The van der Waals surface area contributed by atoms with Gasteiger partial charge in [-0.2, -0.15) is 0 Å². The molecule has 1 heterocycles. The van der Waals surface area contributed by atoms with Crippen molar-refractivity contribution in [1.82, 2.24) is 5.32 Å². The molecule has 0 aromatic heterocycles. The molecule has 2 N–H and O–H groups in total. The van der Waals surface area contributed by atoms with Crippen LogP contribution in [0.1, 0.15) is 19.3 Å². The molecule has 1 fully saturated rings. The fourth-order valence-electron chi connectivity index (χ4n) is 1.17. The molecule has 10 heavy (non-hydrogen) atoms. The fourth-order valence-corrected chi connectivity index (χ4v) is 1.17. The van der Waals surface area contributed by atoms with Crippen molar-refractivity contribution in [2.45, 2.75) is 25.3 Å². The van der Waals surface area contributed by atoms with Crippen LogP contribution in [-0.2, 0) is 4.79 Å². The van der Waals surface area contributed by atoms with Crippen molar-refractivity contribution in [3.8, 4) is 0 Å². The minimum Gasteiger partial charge on any atom is -0.395 e. The highest BCUT2D eigenvalue weighted by Crippen LogP contribution is 2.03. The van der Waals surface area contributed by atoms with Crippen molar-refractivity contribution in [1.29, 1.82) is 0 Å². The maximum absolute atomic E-state index is 10.9. The standard InChI is InChI=1S/C7H13NO2/c9-5-6-4-7(10)2-1-3-8-6/h6,8-9H,1-5H2. The molecule has 1 saturated heterocycles. The lowest BCUT2D eigenvalue weighted by atomic mass is 10.1. The van der Waals surface area contributed by atoms with E-state index in [-0.39, 0.29) is 18.4 Å². The lowest BCUT2D eigenvalue weighted by Gasteiger charge is -2.09. The average molecular weight is 143 g/mol. The van der Waals surface area contributed by atoms with Gasteiger partial charge in [-0.15, -0.1) is 0 Å². The van der Waals surface area contributed by atoms with E-state index in [0.717, 1.165) is 13.0 Å². The third-order valence-electron chi connectivity index (χ3n) is 1.76. The van der Waals surface area contributed by atoms with Crippen LogP contribution in [0.15, 0.2) is 0 Å². The summed E-state index contributed by atoms with van der Waals surface area (Å²) in [5.41, 5.74) is 0. The number of rotatable bonds is 1. The van der Waals surface area contributed by atoms with Gasteiger partial charge in [0.05, 0.1) is 6.61 Å². The van der Waals surface area contributed by atoms with Crippen LogP contribution in [0.25, 0.3) is 0 Å². The normalized spacial score (nSPS) is 28.1. The Kier molecular flexibility index (Phi) is 2.83. The first kappa shape index (κ1) is 7.69. The Labute approximate surface area is 60.4 Å². The fraction of sp³-hybridized carbons (Fsp3) is 0.857. The number of hydrogen-bond acceptors (Lipinski definition) is 3. The summed E-state index contributed by atoms with van der Waals surface area (Å²) >= 11 is 0. The van der Waals surface area contributed by atoms with Gasteiger partial charge in [-0.05, 0) is 13.0 Å². The molecule has 0 aliphatic carbocycles. The van der Waals surface area contributed by atoms with Crippen molar-refractivity contribution in [3.63, 3.8) is 0 Å². The number of aliphatic hydroxyl groups excluding tert-OH is 1. The molecule has 0 spiro atoms. The predicted octanol–water partition coefficient (Wildman–Crippen LogP) is -0.310. The summed E-state index contributed by atoms with van der Waals surface area (Å²) in [6, 6.07) is 0.00926. The molecule has 0 aromatic carbocycles. The zero-order chi connectivity index (χ0) is 7.40. The summed E-state index contributed by atoms with van der Waals surface area (Å²) in [7, 11) is 0. The topological polar surface area (TPSA) is 49.3 Å². The van der Waals surface area contributed by atoms with Crippen LogP contribution in [0, 0.1) is 0 Å². The van der Waals surface area contributed by atoms with Gasteiger partial charge in [-0.3, -0.25) is 4.79 Å². The third-order valence-corrected chi connectivity index (χ3v) is 1.76. The van der Waals surface area contributed by atoms with Gasteiger partial charge in [0.15, 0.2) is 0 Å². The van der Waals surface area contributed by atoms with Gasteiger partial charge >= 0.3 is 0 Å². The Morgan fingerprint density at radius 3 is 3.20 bits per heavy atom. The van der Waals surface area contributed by atoms with Gasteiger partial charge in [0, 0.05) is 18.9 Å². The van der Waals surface area contributed by atoms with Crippen molar-refractivity contribution in [2.75, 3.05) is 13.2 Å². The molecule has 1 aliphatic rings. The second kappa shape index (κ2) is 3.68. The molecule has 0 bridgehead atoms. The van der Waals surface area contributed by atoms with Gasteiger partial charge in [0.2, 0.25) is 0 Å². The maximum atomic E-state index is 10.9. The summed E-state index contributed by atoms with van der Waals surface area (Å²) in [5.74, 6) is 0.268. The monoisotopic (exact) mass is 143 g/mol. The third kappa shape index (κ3) is 2.08. The van der Waals surface area contributed by atoms with Crippen molar-refractivity contribution in [2.24, 2.45) is 0 Å². The minimum atomic E-state index is 0.00926. The van der Waals surface area contributed by atoms with Crippen LogP contribution >= 0.6 is 0 Å². The molecule has 3 heteroatoms. The summed E-state index contributed by atoms with van der Waals surface area (Å²) in [5, 5.41) is 11.8. The number of carbonyl (C=O) groups is 1. The molecule has 1 aliphatic heterocycles. The SMILES string of the molecule is O=C1CCCNC(CO)C1. The summed E-state index contributed by atoms with van der Waals surface area (Å²) < 4.78 is 0. The van der Waals surface area contributed by atoms with Gasteiger partial charge in [-0.1, -0.05) is 0 Å². The lowest BCUT2D eigenvalue weighted by molar-refractivity contribution is -0.119. The minimum absolute atomic E-state index is 0.00926. The Balaban J connectivity index is 2.38. The van der Waals surface area contributed by atoms with E-state index in [0.29, 0.717) is 12.8 Å². The van der Waals surface area contributed by atoms with Crippen molar-refractivity contribution < 1.29 is 9.90 Å². The molecule has 3 nitrogen and oxygen atoms in total. The Hall–Kier alpha value is -0.410. The van der Waals surface area contributed by atoms with Gasteiger partial charge in [0.1, 0.15) is 5.78 Å². The molecule has 1 unspecified atom stereocenters. The number of nitrogens with one attached hydrogen (secondary N) is 1. The molecule has 1 rings (SSSR count). The summed E-state index contributed by atoms with van der Waals surface area (Å²) in [6.07, 6.45) is 2.08. The molecular weight excluding hydrogens is 130 g/mol. The van der Waals surface area contributed by atoms with Gasteiger partial charge in [-0.25, -0.2) is 0 Å². The lowest BCUT2D eigenvalue weighted by Crippen LogP contribution is -2.32. The quantitative estimate of drug-likeness (QED) is 0.529. The number of hydrogen-bond donors (Lipinski definition) is 2. The van der Waals surface area contributed by atoms with E-state index < -0.39 is 0 Å².